The maximum atomic E-state index is 13.9. The summed E-state index contributed by atoms with van der Waals surface area (Å²) < 4.78 is 14.4. The molecule has 110 valence electrons. The lowest BCUT2D eigenvalue weighted by Gasteiger charge is -2.31. The van der Waals surface area contributed by atoms with E-state index in [4.69, 9.17) is 0 Å². The van der Waals surface area contributed by atoms with Crippen LogP contribution in [0.25, 0.3) is 0 Å². The lowest BCUT2D eigenvalue weighted by atomic mass is 9.76. The second-order valence-electron chi connectivity index (χ2n) is 5.62. The molecule has 1 saturated carbocycles. The van der Waals surface area contributed by atoms with Crippen molar-refractivity contribution in [3.63, 3.8) is 0 Å². The van der Waals surface area contributed by atoms with Gasteiger partial charge in [-0.25, -0.2) is 4.39 Å². The van der Waals surface area contributed by atoms with Gasteiger partial charge in [-0.2, -0.15) is 0 Å². The van der Waals surface area contributed by atoms with Gasteiger partial charge in [0.25, 0.3) is 0 Å². The van der Waals surface area contributed by atoms with Crippen LogP contribution in [0.1, 0.15) is 47.9 Å². The third-order valence-corrected chi connectivity index (χ3v) is 5.27. The van der Waals surface area contributed by atoms with Gasteiger partial charge in [0.1, 0.15) is 5.82 Å². The van der Waals surface area contributed by atoms with Crippen LogP contribution in [-0.2, 0) is 0 Å². The lowest BCUT2D eigenvalue weighted by Crippen LogP contribution is -2.22. The summed E-state index contributed by atoms with van der Waals surface area (Å²) in [7, 11) is 1.93. The topological polar surface area (TPSA) is 12.0 Å². The Kier molecular flexibility index (Phi) is 4.41. The molecule has 0 aromatic heterocycles. The molecule has 1 N–H and O–H groups in total. The number of halogens is 2. The van der Waals surface area contributed by atoms with Crippen LogP contribution in [0, 0.1) is 5.82 Å². The van der Waals surface area contributed by atoms with Crippen LogP contribution in [-0.4, -0.2) is 7.05 Å². The molecule has 1 nitrogen and oxygen atoms in total. The van der Waals surface area contributed by atoms with Crippen LogP contribution in [0.4, 0.5) is 4.39 Å². The molecular weight excluding hydrogens is 329 g/mol. The highest BCUT2D eigenvalue weighted by Crippen LogP contribution is 2.41. The quantitative estimate of drug-likeness (QED) is 0.804. The van der Waals surface area contributed by atoms with Crippen molar-refractivity contribution in [1.29, 1.82) is 0 Å². The minimum Gasteiger partial charge on any atom is -0.309 e. The number of hydrogen-bond acceptors (Lipinski definition) is 1. The minimum atomic E-state index is -0.214. The Morgan fingerprint density at radius 3 is 2.48 bits per heavy atom. The smallest absolute Gasteiger partial charge is 0.137 e. The molecule has 1 fully saturated rings. The van der Waals surface area contributed by atoms with Crippen molar-refractivity contribution in [2.45, 2.75) is 31.2 Å². The normalized spacial score (nSPS) is 16.5. The van der Waals surface area contributed by atoms with E-state index >= 15 is 0 Å². The molecule has 3 rings (SSSR count). The minimum absolute atomic E-state index is 0.00637. The van der Waals surface area contributed by atoms with Crippen molar-refractivity contribution in [2.24, 2.45) is 0 Å². The number of nitrogens with one attached hydrogen (secondary N) is 1. The Morgan fingerprint density at radius 1 is 1.10 bits per heavy atom. The molecule has 0 amide bonds. The summed E-state index contributed by atoms with van der Waals surface area (Å²) in [5, 5.41) is 3.35. The maximum Gasteiger partial charge on any atom is 0.137 e. The summed E-state index contributed by atoms with van der Waals surface area (Å²) in [4.78, 5) is 0. The highest BCUT2D eigenvalue weighted by atomic mass is 79.9. The van der Waals surface area contributed by atoms with Gasteiger partial charge in [0.2, 0.25) is 0 Å². The first-order chi connectivity index (χ1) is 10.2. The van der Waals surface area contributed by atoms with Gasteiger partial charge in [0.05, 0.1) is 10.5 Å². The molecule has 0 spiro atoms. The standard InChI is InChI=1S/C18H19BrFN/c1-21-18(15-10-5-11-16(20)17(15)19)14-9-3-2-8-13(14)12-6-4-7-12/h2-3,5,8-12,18,21H,4,6-7H2,1H3. The molecule has 2 aromatic rings. The van der Waals surface area contributed by atoms with E-state index in [9.17, 15) is 4.39 Å². The zero-order chi connectivity index (χ0) is 14.8. The van der Waals surface area contributed by atoms with Gasteiger partial charge >= 0.3 is 0 Å². The zero-order valence-electron chi connectivity index (χ0n) is 12.1. The van der Waals surface area contributed by atoms with Gasteiger partial charge in [0, 0.05) is 0 Å². The van der Waals surface area contributed by atoms with E-state index in [1.54, 1.807) is 6.07 Å². The Balaban J connectivity index is 2.06. The molecule has 0 radical (unpaired) electrons. The third kappa shape index (κ3) is 2.77. The predicted molar refractivity (Wildman–Crippen MR) is 88.0 cm³/mol. The van der Waals surface area contributed by atoms with Crippen molar-refractivity contribution in [1.82, 2.24) is 5.32 Å². The number of benzene rings is 2. The molecule has 1 unspecified atom stereocenters. The molecule has 0 saturated heterocycles. The van der Waals surface area contributed by atoms with Crippen LogP contribution in [0.15, 0.2) is 46.9 Å². The molecule has 0 aliphatic heterocycles. The van der Waals surface area contributed by atoms with Crippen molar-refractivity contribution in [3.8, 4) is 0 Å². The average molecular weight is 348 g/mol. The Labute approximate surface area is 133 Å². The van der Waals surface area contributed by atoms with Crippen molar-refractivity contribution < 1.29 is 4.39 Å². The summed E-state index contributed by atoms with van der Waals surface area (Å²) in [6.07, 6.45) is 3.84. The number of hydrogen-bond donors (Lipinski definition) is 1. The van der Waals surface area contributed by atoms with Crippen LogP contribution in [0.3, 0.4) is 0 Å². The van der Waals surface area contributed by atoms with Crippen LogP contribution < -0.4 is 5.32 Å². The predicted octanol–water partition coefficient (Wildman–Crippen LogP) is 5.16. The fourth-order valence-corrected chi connectivity index (χ4v) is 3.58. The van der Waals surface area contributed by atoms with E-state index in [0.717, 1.165) is 5.56 Å². The molecule has 1 atom stereocenters. The first-order valence-corrected chi connectivity index (χ1v) is 8.21. The molecule has 21 heavy (non-hydrogen) atoms. The summed E-state index contributed by atoms with van der Waals surface area (Å²) in [6.45, 7) is 0. The molecule has 1 aliphatic carbocycles. The molecule has 0 heterocycles. The van der Waals surface area contributed by atoms with E-state index < -0.39 is 0 Å². The van der Waals surface area contributed by atoms with Gasteiger partial charge in [0.15, 0.2) is 0 Å². The molecule has 3 heteroatoms. The van der Waals surface area contributed by atoms with Crippen LogP contribution >= 0.6 is 15.9 Å². The summed E-state index contributed by atoms with van der Waals surface area (Å²) in [5.74, 6) is 0.443. The first-order valence-electron chi connectivity index (χ1n) is 7.42. The maximum absolute atomic E-state index is 13.9. The van der Waals surface area contributed by atoms with Gasteiger partial charge in [-0.15, -0.1) is 0 Å². The van der Waals surface area contributed by atoms with Crippen molar-refractivity contribution in [2.75, 3.05) is 7.05 Å². The third-order valence-electron chi connectivity index (χ3n) is 4.43. The van der Waals surface area contributed by atoms with Crippen LogP contribution in [0.2, 0.25) is 0 Å². The van der Waals surface area contributed by atoms with E-state index in [1.807, 2.05) is 13.1 Å². The summed E-state index contributed by atoms with van der Waals surface area (Å²) >= 11 is 3.40. The fourth-order valence-electron chi connectivity index (χ4n) is 3.09. The molecular formula is C18H19BrFN. The summed E-state index contributed by atoms with van der Waals surface area (Å²) in [6, 6.07) is 13.8. The van der Waals surface area contributed by atoms with Gasteiger partial charge in [-0.3, -0.25) is 0 Å². The van der Waals surface area contributed by atoms with Crippen molar-refractivity contribution in [3.05, 3.63) is 69.4 Å². The van der Waals surface area contributed by atoms with E-state index in [1.165, 1.54) is 36.5 Å². The zero-order valence-corrected chi connectivity index (χ0v) is 13.7. The van der Waals surface area contributed by atoms with E-state index in [0.29, 0.717) is 10.4 Å². The first kappa shape index (κ1) is 14.7. The molecule has 0 bridgehead atoms. The molecule has 2 aromatic carbocycles. The average Bonchev–Trinajstić information content (AvgIpc) is 2.44. The Hall–Kier alpha value is -1.19. The van der Waals surface area contributed by atoms with Crippen molar-refractivity contribution >= 4 is 15.9 Å². The van der Waals surface area contributed by atoms with Gasteiger partial charge in [-0.1, -0.05) is 42.8 Å². The Morgan fingerprint density at radius 2 is 1.81 bits per heavy atom. The molecule has 1 aliphatic rings. The fraction of sp³-hybridized carbons (Fsp3) is 0.333. The van der Waals surface area contributed by atoms with E-state index in [2.05, 4.69) is 45.5 Å². The number of rotatable bonds is 4. The van der Waals surface area contributed by atoms with Crippen LogP contribution in [0.5, 0.6) is 0 Å². The van der Waals surface area contributed by atoms with Gasteiger partial charge in [-0.05, 0) is 64.5 Å². The highest BCUT2D eigenvalue weighted by molar-refractivity contribution is 9.10. The second kappa shape index (κ2) is 6.29. The SMILES string of the molecule is CNC(c1ccccc1C1CCC1)c1cccc(F)c1Br. The monoisotopic (exact) mass is 347 g/mol. The lowest BCUT2D eigenvalue weighted by molar-refractivity contribution is 0.415. The largest absolute Gasteiger partial charge is 0.309 e. The Bertz CT molecular complexity index is 637. The van der Waals surface area contributed by atoms with E-state index in [-0.39, 0.29) is 11.9 Å². The second-order valence-corrected chi connectivity index (χ2v) is 6.41. The van der Waals surface area contributed by atoms with Gasteiger partial charge < -0.3 is 5.32 Å². The summed E-state index contributed by atoms with van der Waals surface area (Å²) in [5.41, 5.74) is 3.61. The highest BCUT2D eigenvalue weighted by Gasteiger charge is 2.26.